The molecule has 0 atom stereocenters. The predicted octanol–water partition coefficient (Wildman–Crippen LogP) is 5.91. The summed E-state index contributed by atoms with van der Waals surface area (Å²) in [5.41, 5.74) is 1.81. The van der Waals surface area contributed by atoms with E-state index in [-0.39, 0.29) is 17.7 Å². The van der Waals surface area contributed by atoms with Gasteiger partial charge in [0.2, 0.25) is 5.91 Å². The molecule has 0 aromatic carbocycles. The number of nitrogens with zero attached hydrogens (tertiary/aromatic N) is 4. The average Bonchev–Trinajstić information content (AvgIpc) is 3.45. The van der Waals surface area contributed by atoms with Crippen molar-refractivity contribution in [2.45, 2.75) is 63.6 Å². The Morgan fingerprint density at radius 1 is 1.29 bits per heavy atom. The number of carbonyl (C=O) groups is 1. The summed E-state index contributed by atoms with van der Waals surface area (Å²) in [6, 6.07) is 6.54. The highest BCUT2D eigenvalue weighted by Gasteiger charge is 2.22. The third-order valence-electron chi connectivity index (χ3n) is 5.29. The number of aromatic nitrogens is 3. The van der Waals surface area contributed by atoms with Gasteiger partial charge in [-0.05, 0) is 56.5 Å². The van der Waals surface area contributed by atoms with E-state index in [4.69, 9.17) is 0 Å². The van der Waals surface area contributed by atoms with E-state index in [9.17, 15) is 10.1 Å². The lowest BCUT2D eigenvalue weighted by Crippen LogP contribution is -2.15. The molecule has 6 nitrogen and oxygen atoms in total. The van der Waals surface area contributed by atoms with Gasteiger partial charge in [0.1, 0.15) is 11.1 Å². The molecule has 3 aromatic rings. The quantitative estimate of drug-likeness (QED) is 0.452. The van der Waals surface area contributed by atoms with Crippen LogP contribution < -0.4 is 5.32 Å². The van der Waals surface area contributed by atoms with Crippen LogP contribution >= 0.6 is 34.4 Å². The summed E-state index contributed by atoms with van der Waals surface area (Å²) >= 11 is 4.58. The van der Waals surface area contributed by atoms with Crippen molar-refractivity contribution in [3.63, 3.8) is 0 Å². The number of anilines is 1. The Morgan fingerprint density at radius 2 is 2.10 bits per heavy atom. The van der Waals surface area contributed by atoms with Crippen LogP contribution in [-0.4, -0.2) is 26.4 Å². The molecule has 0 fully saturated rings. The maximum absolute atomic E-state index is 12.7. The summed E-state index contributed by atoms with van der Waals surface area (Å²) in [5, 5.41) is 24.9. The Morgan fingerprint density at radius 3 is 2.81 bits per heavy atom. The number of rotatable bonds is 6. The number of aryl methyl sites for hydroxylation is 1. The smallest absolute Gasteiger partial charge is 0.235 e. The Kier molecular flexibility index (Phi) is 7.10. The molecule has 0 radical (unpaired) electrons. The molecule has 0 saturated heterocycles. The number of thiophene rings is 2. The molecular formula is C22H25N5OS3. The number of hydrogen-bond donors (Lipinski definition) is 1. The average molecular weight is 472 g/mol. The van der Waals surface area contributed by atoms with Crippen LogP contribution in [0.3, 0.4) is 0 Å². The van der Waals surface area contributed by atoms with Gasteiger partial charge >= 0.3 is 0 Å². The van der Waals surface area contributed by atoms with Crippen molar-refractivity contribution in [3.05, 3.63) is 33.5 Å². The van der Waals surface area contributed by atoms with Crippen LogP contribution in [0.1, 0.15) is 61.6 Å². The van der Waals surface area contributed by atoms with Crippen LogP contribution in [0, 0.1) is 11.3 Å². The van der Waals surface area contributed by atoms with Crippen LogP contribution in [0.2, 0.25) is 0 Å². The second kappa shape index (κ2) is 9.98. The van der Waals surface area contributed by atoms with E-state index in [1.807, 2.05) is 17.5 Å². The summed E-state index contributed by atoms with van der Waals surface area (Å²) in [6.07, 6.45) is 6.65. The molecule has 162 valence electrons. The van der Waals surface area contributed by atoms with Crippen LogP contribution in [0.4, 0.5) is 5.00 Å². The van der Waals surface area contributed by atoms with Gasteiger partial charge in [-0.1, -0.05) is 30.7 Å². The number of nitrogens with one attached hydrogen (secondary N) is 1. The summed E-state index contributed by atoms with van der Waals surface area (Å²) in [4.78, 5) is 15.1. The molecule has 0 aliphatic heterocycles. The molecule has 0 spiro atoms. The number of fused-ring (bicyclic) bond motifs is 1. The molecule has 0 unspecified atom stereocenters. The lowest BCUT2D eigenvalue weighted by Gasteiger charge is -2.12. The monoisotopic (exact) mass is 471 g/mol. The van der Waals surface area contributed by atoms with Crippen molar-refractivity contribution in [2.24, 2.45) is 0 Å². The third kappa shape index (κ3) is 4.86. The van der Waals surface area contributed by atoms with E-state index in [0.717, 1.165) is 47.1 Å². The summed E-state index contributed by atoms with van der Waals surface area (Å²) in [5.74, 6) is 0.937. The lowest BCUT2D eigenvalue weighted by atomic mass is 9.97. The number of carbonyl (C=O) groups excluding carboxylic acids is 1. The predicted molar refractivity (Wildman–Crippen MR) is 128 cm³/mol. The molecule has 9 heteroatoms. The Bertz CT molecular complexity index is 1090. The zero-order chi connectivity index (χ0) is 21.8. The SMILES string of the molecule is CC(C)n1c(SCC(=O)Nc2sc3c(c2C#N)CCCCCC3)nnc1-c1cccs1. The highest BCUT2D eigenvalue weighted by atomic mass is 32.2. The van der Waals surface area contributed by atoms with E-state index < -0.39 is 0 Å². The molecule has 1 amide bonds. The molecule has 4 rings (SSSR count). The Balaban J connectivity index is 1.47. The van der Waals surface area contributed by atoms with E-state index in [1.54, 1.807) is 22.7 Å². The number of nitriles is 1. The standard InChI is InChI=1S/C22H25N5OS3/c1-14(2)27-20(18-10-7-11-29-18)25-26-22(27)30-13-19(28)24-21-16(12-23)15-8-5-3-4-6-9-17(15)31-21/h7,10-11,14H,3-6,8-9,13H2,1-2H3,(H,24,28). The highest BCUT2D eigenvalue weighted by Crippen LogP contribution is 2.37. The van der Waals surface area contributed by atoms with Crippen LogP contribution in [0.5, 0.6) is 0 Å². The third-order valence-corrected chi connectivity index (χ3v) is 8.31. The first-order valence-electron chi connectivity index (χ1n) is 10.5. The van der Waals surface area contributed by atoms with E-state index >= 15 is 0 Å². The maximum atomic E-state index is 12.7. The van der Waals surface area contributed by atoms with Crippen molar-refractivity contribution >= 4 is 45.3 Å². The number of hydrogen-bond acceptors (Lipinski definition) is 7. The Hall–Kier alpha value is -2.15. The van der Waals surface area contributed by atoms with Crippen molar-refractivity contribution in [3.8, 4) is 16.8 Å². The minimum Gasteiger partial charge on any atom is -0.316 e. The normalized spacial score (nSPS) is 14.0. The molecule has 1 aliphatic rings. The molecule has 3 aromatic heterocycles. The fourth-order valence-corrected chi connectivity index (χ4v) is 6.66. The van der Waals surface area contributed by atoms with Crippen molar-refractivity contribution in [1.82, 2.24) is 14.8 Å². The van der Waals surface area contributed by atoms with Gasteiger partial charge in [-0.25, -0.2) is 0 Å². The van der Waals surface area contributed by atoms with Crippen LogP contribution in [0.15, 0.2) is 22.7 Å². The van der Waals surface area contributed by atoms with Gasteiger partial charge in [0, 0.05) is 10.9 Å². The van der Waals surface area contributed by atoms with Gasteiger partial charge in [-0.15, -0.1) is 32.9 Å². The zero-order valence-electron chi connectivity index (χ0n) is 17.7. The molecule has 1 N–H and O–H groups in total. The summed E-state index contributed by atoms with van der Waals surface area (Å²) < 4.78 is 2.07. The van der Waals surface area contributed by atoms with Gasteiger partial charge < -0.3 is 5.32 Å². The molecule has 3 heterocycles. The van der Waals surface area contributed by atoms with Gasteiger partial charge in [0.25, 0.3) is 0 Å². The topological polar surface area (TPSA) is 83.6 Å². The Labute approximate surface area is 194 Å². The van der Waals surface area contributed by atoms with E-state index in [2.05, 4.69) is 40.0 Å². The molecule has 0 saturated carbocycles. The van der Waals surface area contributed by atoms with Gasteiger partial charge in [-0.2, -0.15) is 5.26 Å². The van der Waals surface area contributed by atoms with E-state index in [1.165, 1.54) is 29.5 Å². The first-order chi connectivity index (χ1) is 15.1. The first-order valence-corrected chi connectivity index (χ1v) is 13.2. The van der Waals surface area contributed by atoms with Crippen LogP contribution in [-0.2, 0) is 17.6 Å². The second-order valence-corrected chi connectivity index (χ2v) is 10.8. The minimum absolute atomic E-state index is 0.119. The van der Waals surface area contributed by atoms with Gasteiger partial charge in [-0.3, -0.25) is 9.36 Å². The summed E-state index contributed by atoms with van der Waals surface area (Å²) in [7, 11) is 0. The number of thioether (sulfide) groups is 1. The molecule has 31 heavy (non-hydrogen) atoms. The second-order valence-electron chi connectivity index (χ2n) is 7.82. The van der Waals surface area contributed by atoms with Crippen molar-refractivity contribution in [2.75, 3.05) is 11.1 Å². The maximum Gasteiger partial charge on any atom is 0.235 e. The largest absolute Gasteiger partial charge is 0.316 e. The summed E-state index contributed by atoms with van der Waals surface area (Å²) in [6.45, 7) is 4.18. The fourth-order valence-electron chi connectivity index (χ4n) is 3.83. The lowest BCUT2D eigenvalue weighted by molar-refractivity contribution is -0.113. The van der Waals surface area contributed by atoms with Crippen molar-refractivity contribution < 1.29 is 4.79 Å². The van der Waals surface area contributed by atoms with Gasteiger partial charge in [0.05, 0.1) is 16.2 Å². The molecular weight excluding hydrogens is 446 g/mol. The van der Waals surface area contributed by atoms with Crippen LogP contribution in [0.25, 0.3) is 10.7 Å². The fraction of sp³-hybridized carbons (Fsp3) is 0.455. The minimum atomic E-state index is -0.119. The van der Waals surface area contributed by atoms with E-state index in [0.29, 0.717) is 10.6 Å². The first kappa shape index (κ1) is 22.1. The molecule has 1 aliphatic carbocycles. The van der Waals surface area contributed by atoms with Crippen molar-refractivity contribution in [1.29, 1.82) is 5.26 Å². The highest BCUT2D eigenvalue weighted by molar-refractivity contribution is 7.99. The number of amides is 1. The zero-order valence-corrected chi connectivity index (χ0v) is 20.1. The molecule has 0 bridgehead atoms. The van der Waals surface area contributed by atoms with Gasteiger partial charge in [0.15, 0.2) is 11.0 Å².